The van der Waals surface area contributed by atoms with Gasteiger partial charge >= 0.3 is 0 Å². The van der Waals surface area contributed by atoms with Gasteiger partial charge in [-0.1, -0.05) is 0 Å². The number of likely N-dealkylation sites (N-methyl/N-ethyl adjacent to an activating group) is 1. The van der Waals surface area contributed by atoms with E-state index in [0.717, 1.165) is 41.0 Å². The van der Waals surface area contributed by atoms with Crippen molar-refractivity contribution in [3.8, 4) is 5.75 Å². The van der Waals surface area contributed by atoms with Gasteiger partial charge in [-0.05, 0) is 57.5 Å². The number of amides is 1. The summed E-state index contributed by atoms with van der Waals surface area (Å²) in [7, 11) is 5.72. The van der Waals surface area contributed by atoms with Crippen LogP contribution in [0.2, 0.25) is 0 Å². The van der Waals surface area contributed by atoms with E-state index >= 15 is 0 Å². The van der Waals surface area contributed by atoms with E-state index in [4.69, 9.17) is 9.72 Å². The summed E-state index contributed by atoms with van der Waals surface area (Å²) >= 11 is 1.49. The van der Waals surface area contributed by atoms with E-state index in [1.54, 1.807) is 18.2 Å². The number of thiazole rings is 1. The zero-order valence-corrected chi connectivity index (χ0v) is 21.2. The molecule has 9 nitrogen and oxygen atoms in total. The number of carbonyl (C=O) groups is 1. The van der Waals surface area contributed by atoms with Gasteiger partial charge in [-0.2, -0.15) is 4.98 Å². The Morgan fingerprint density at radius 2 is 1.97 bits per heavy atom. The number of rotatable bonds is 4. The number of benzene rings is 1. The van der Waals surface area contributed by atoms with Crippen molar-refractivity contribution in [1.29, 1.82) is 0 Å². The van der Waals surface area contributed by atoms with Crippen LogP contribution in [0.4, 0.5) is 28.1 Å². The van der Waals surface area contributed by atoms with Gasteiger partial charge in [-0.25, -0.2) is 9.97 Å². The van der Waals surface area contributed by atoms with Crippen LogP contribution >= 0.6 is 11.3 Å². The zero-order valence-electron chi connectivity index (χ0n) is 20.3. The molecular formula is C24H29N7O2S. The van der Waals surface area contributed by atoms with Crippen molar-refractivity contribution in [1.82, 2.24) is 19.9 Å². The van der Waals surface area contributed by atoms with Crippen LogP contribution in [-0.2, 0) is 13.0 Å². The minimum atomic E-state index is -0.135. The van der Waals surface area contributed by atoms with Gasteiger partial charge in [0.2, 0.25) is 5.95 Å². The molecule has 2 aromatic heterocycles. The standard InChI is InChI=1S/C24H29N7O2S/c1-13(2)31-18-11-25-24(28-21(18)30(5)23-20(22(31)32)26-14(3)34-23)27-17-9-16-12-29(4)8-7-15(16)10-19(17)33-6/h9-11,13H,7-8,12H2,1-6H3,(H,25,27,28). The first-order valence-electron chi connectivity index (χ1n) is 11.3. The van der Waals surface area contributed by atoms with E-state index in [0.29, 0.717) is 23.1 Å². The first kappa shape index (κ1) is 22.5. The minimum absolute atomic E-state index is 0.0762. The molecule has 5 rings (SSSR count). The van der Waals surface area contributed by atoms with Gasteiger partial charge < -0.3 is 19.9 Å². The summed E-state index contributed by atoms with van der Waals surface area (Å²) in [5.41, 5.74) is 4.51. The highest BCUT2D eigenvalue weighted by atomic mass is 32.1. The van der Waals surface area contributed by atoms with E-state index in [1.807, 2.05) is 32.7 Å². The topological polar surface area (TPSA) is 86.7 Å². The Bertz CT molecular complexity index is 1270. The number of nitrogens with one attached hydrogen (secondary N) is 1. The molecule has 1 aromatic carbocycles. The van der Waals surface area contributed by atoms with E-state index in [1.165, 1.54) is 22.5 Å². The molecule has 10 heteroatoms. The number of hydrogen-bond donors (Lipinski definition) is 1. The molecular weight excluding hydrogens is 450 g/mol. The smallest absolute Gasteiger partial charge is 0.280 e. The fourth-order valence-electron chi connectivity index (χ4n) is 4.57. The van der Waals surface area contributed by atoms with Crippen molar-refractivity contribution in [3.63, 3.8) is 0 Å². The van der Waals surface area contributed by atoms with Crippen molar-refractivity contribution in [2.45, 2.75) is 39.8 Å². The Balaban J connectivity index is 1.57. The van der Waals surface area contributed by atoms with E-state index in [-0.39, 0.29) is 11.9 Å². The summed E-state index contributed by atoms with van der Waals surface area (Å²) < 4.78 is 5.67. The second-order valence-electron chi connectivity index (χ2n) is 9.05. The molecule has 178 valence electrons. The van der Waals surface area contributed by atoms with Crippen molar-refractivity contribution < 1.29 is 9.53 Å². The molecule has 0 spiro atoms. The number of carbonyl (C=O) groups excluding carboxylic acids is 1. The second-order valence-corrected chi connectivity index (χ2v) is 10.2. The van der Waals surface area contributed by atoms with E-state index in [9.17, 15) is 4.79 Å². The van der Waals surface area contributed by atoms with Gasteiger partial charge in [-0.3, -0.25) is 9.69 Å². The molecule has 0 aliphatic carbocycles. The van der Waals surface area contributed by atoms with Gasteiger partial charge in [0.1, 0.15) is 16.4 Å². The second kappa shape index (κ2) is 8.52. The van der Waals surface area contributed by atoms with Crippen LogP contribution in [0, 0.1) is 6.92 Å². The fraction of sp³-hybridized carbons (Fsp3) is 0.417. The minimum Gasteiger partial charge on any atom is -0.495 e. The van der Waals surface area contributed by atoms with Gasteiger partial charge in [0, 0.05) is 26.2 Å². The van der Waals surface area contributed by atoms with Crippen LogP contribution in [0.5, 0.6) is 5.75 Å². The Hall–Kier alpha value is -3.24. The Labute approximate surface area is 203 Å². The molecule has 4 heterocycles. The lowest BCUT2D eigenvalue weighted by molar-refractivity contribution is 0.0977. The summed E-state index contributed by atoms with van der Waals surface area (Å²) in [6.07, 6.45) is 2.71. The summed E-state index contributed by atoms with van der Waals surface area (Å²) in [5.74, 6) is 1.71. The number of hydrogen-bond acceptors (Lipinski definition) is 9. The van der Waals surface area contributed by atoms with E-state index < -0.39 is 0 Å². The molecule has 2 aliphatic heterocycles. The average molecular weight is 480 g/mol. The maximum absolute atomic E-state index is 13.4. The van der Waals surface area contributed by atoms with Gasteiger partial charge in [0.25, 0.3) is 5.91 Å². The largest absolute Gasteiger partial charge is 0.495 e. The number of anilines is 5. The van der Waals surface area contributed by atoms with Crippen molar-refractivity contribution >= 4 is 45.4 Å². The maximum atomic E-state index is 13.4. The highest BCUT2D eigenvalue weighted by Crippen LogP contribution is 2.42. The first-order chi connectivity index (χ1) is 16.3. The van der Waals surface area contributed by atoms with E-state index in [2.05, 4.69) is 39.4 Å². The quantitative estimate of drug-likeness (QED) is 0.598. The molecule has 0 bridgehead atoms. The monoisotopic (exact) mass is 479 g/mol. The Morgan fingerprint density at radius 1 is 1.18 bits per heavy atom. The first-order valence-corrected chi connectivity index (χ1v) is 12.2. The molecule has 2 aliphatic rings. The average Bonchev–Trinajstić information content (AvgIpc) is 3.17. The SMILES string of the molecule is COc1cc2c(cc1Nc1ncc3c(n1)N(C)c1sc(C)nc1C(=O)N3C(C)C)CN(C)CC2. The van der Waals surface area contributed by atoms with Crippen molar-refractivity contribution in [2.24, 2.45) is 0 Å². The molecule has 0 radical (unpaired) electrons. The van der Waals surface area contributed by atoms with Crippen LogP contribution < -0.4 is 19.9 Å². The molecule has 1 N–H and O–H groups in total. The molecule has 1 amide bonds. The summed E-state index contributed by atoms with van der Waals surface area (Å²) in [5, 5.41) is 4.98. The maximum Gasteiger partial charge on any atom is 0.280 e. The Kier molecular flexibility index (Phi) is 5.65. The molecule has 0 fully saturated rings. The lowest BCUT2D eigenvalue weighted by Crippen LogP contribution is -2.37. The van der Waals surface area contributed by atoms with Gasteiger partial charge in [-0.15, -0.1) is 11.3 Å². The number of ether oxygens (including phenoxy) is 1. The fourth-order valence-corrected chi connectivity index (χ4v) is 5.44. The lowest BCUT2D eigenvalue weighted by atomic mass is 9.99. The predicted octanol–water partition coefficient (Wildman–Crippen LogP) is 4.12. The van der Waals surface area contributed by atoms with Crippen molar-refractivity contribution in [2.75, 3.05) is 42.9 Å². The number of aryl methyl sites for hydroxylation is 1. The third kappa shape index (κ3) is 3.76. The van der Waals surface area contributed by atoms with Gasteiger partial charge in [0.05, 0.1) is 24.0 Å². The van der Waals surface area contributed by atoms with Crippen LogP contribution in [0.1, 0.15) is 40.5 Å². The van der Waals surface area contributed by atoms with Gasteiger partial charge in [0.15, 0.2) is 11.5 Å². The summed E-state index contributed by atoms with van der Waals surface area (Å²) in [4.78, 5) is 33.3. The van der Waals surface area contributed by atoms with Crippen LogP contribution in [0.3, 0.4) is 0 Å². The zero-order chi connectivity index (χ0) is 24.1. The highest BCUT2D eigenvalue weighted by Gasteiger charge is 2.35. The van der Waals surface area contributed by atoms with Crippen LogP contribution in [0.15, 0.2) is 18.3 Å². The molecule has 0 saturated carbocycles. The molecule has 0 saturated heterocycles. The summed E-state index contributed by atoms with van der Waals surface area (Å²) in [6, 6.07) is 4.15. The third-order valence-electron chi connectivity index (χ3n) is 6.26. The Morgan fingerprint density at radius 3 is 2.71 bits per heavy atom. The summed E-state index contributed by atoms with van der Waals surface area (Å²) in [6.45, 7) is 7.79. The lowest BCUT2D eigenvalue weighted by Gasteiger charge is -2.27. The van der Waals surface area contributed by atoms with Crippen LogP contribution in [-0.4, -0.2) is 59.6 Å². The number of methoxy groups -OCH3 is 1. The molecule has 0 atom stereocenters. The van der Waals surface area contributed by atoms with Crippen molar-refractivity contribution in [3.05, 3.63) is 40.2 Å². The number of fused-ring (bicyclic) bond motifs is 3. The molecule has 0 unspecified atom stereocenters. The van der Waals surface area contributed by atoms with Crippen LogP contribution in [0.25, 0.3) is 0 Å². The molecule has 34 heavy (non-hydrogen) atoms. The number of nitrogens with zero attached hydrogens (tertiary/aromatic N) is 6. The highest BCUT2D eigenvalue weighted by molar-refractivity contribution is 7.16. The normalized spacial score (nSPS) is 15.7. The predicted molar refractivity (Wildman–Crippen MR) is 135 cm³/mol. The molecule has 3 aromatic rings. The number of aromatic nitrogens is 3. The third-order valence-corrected chi connectivity index (χ3v) is 7.30.